The molecule has 5 nitrogen and oxygen atoms in total. The van der Waals surface area contributed by atoms with Gasteiger partial charge in [0.25, 0.3) is 0 Å². The van der Waals surface area contributed by atoms with E-state index in [2.05, 4.69) is 27.7 Å². The summed E-state index contributed by atoms with van der Waals surface area (Å²) in [5, 5.41) is 4.55. The van der Waals surface area contributed by atoms with E-state index in [1.54, 1.807) is 12.1 Å². The standard InChI is InChI=1S/C14H13FN4OS/c1-7(2)11-10(8-3-5-9(15)6-4-8)12-16-13(21)17-14(20)19(12)18-11/h3-7H,1-2H3,(H2,16,17,20,21). The number of nitrogens with zero attached hydrogens (tertiary/aromatic N) is 3. The molecule has 0 aliphatic carbocycles. The van der Waals surface area contributed by atoms with Gasteiger partial charge in [0.05, 0.1) is 11.3 Å². The highest BCUT2D eigenvalue weighted by atomic mass is 32.1. The summed E-state index contributed by atoms with van der Waals surface area (Å²) >= 11 is 4.10. The van der Waals surface area contributed by atoms with Gasteiger partial charge in [0.1, 0.15) is 5.82 Å². The molecule has 0 radical (unpaired) electrons. The number of aromatic amines is 1. The van der Waals surface area contributed by atoms with E-state index in [0.717, 1.165) is 16.8 Å². The number of nitrogens with one attached hydrogen (secondary N) is 1. The van der Waals surface area contributed by atoms with Gasteiger partial charge in [-0.15, -0.1) is 12.6 Å². The summed E-state index contributed by atoms with van der Waals surface area (Å²) in [6.07, 6.45) is 0. The zero-order chi connectivity index (χ0) is 15.1. The third-order valence-corrected chi connectivity index (χ3v) is 3.40. The molecule has 0 unspecified atom stereocenters. The average Bonchev–Trinajstić information content (AvgIpc) is 2.79. The van der Waals surface area contributed by atoms with Gasteiger partial charge in [-0.05, 0) is 23.6 Å². The van der Waals surface area contributed by atoms with Crippen LogP contribution in [-0.4, -0.2) is 19.6 Å². The van der Waals surface area contributed by atoms with Crippen LogP contribution in [0.2, 0.25) is 0 Å². The summed E-state index contributed by atoms with van der Waals surface area (Å²) < 4.78 is 14.3. The molecule has 0 fully saturated rings. The van der Waals surface area contributed by atoms with E-state index in [1.165, 1.54) is 16.6 Å². The lowest BCUT2D eigenvalue weighted by Gasteiger charge is -2.05. The minimum atomic E-state index is -0.403. The van der Waals surface area contributed by atoms with Gasteiger partial charge in [0.15, 0.2) is 10.8 Å². The molecule has 108 valence electrons. The van der Waals surface area contributed by atoms with E-state index in [-0.39, 0.29) is 16.9 Å². The number of aromatic nitrogens is 4. The third-order valence-electron chi connectivity index (χ3n) is 3.19. The quantitative estimate of drug-likeness (QED) is 0.715. The Morgan fingerprint density at radius 3 is 2.57 bits per heavy atom. The summed E-state index contributed by atoms with van der Waals surface area (Å²) in [5.41, 5.74) is 2.24. The zero-order valence-electron chi connectivity index (χ0n) is 11.5. The van der Waals surface area contributed by atoms with Gasteiger partial charge in [0.2, 0.25) is 0 Å². The fourth-order valence-electron chi connectivity index (χ4n) is 2.24. The van der Waals surface area contributed by atoms with E-state index in [0.29, 0.717) is 5.65 Å². The fourth-order valence-corrected chi connectivity index (χ4v) is 2.44. The van der Waals surface area contributed by atoms with Crippen molar-refractivity contribution in [3.05, 3.63) is 46.3 Å². The lowest BCUT2D eigenvalue weighted by atomic mass is 9.99. The number of H-pyrrole nitrogens is 1. The molecule has 21 heavy (non-hydrogen) atoms. The van der Waals surface area contributed by atoms with Crippen molar-refractivity contribution in [3.63, 3.8) is 0 Å². The van der Waals surface area contributed by atoms with E-state index < -0.39 is 5.69 Å². The Kier molecular flexibility index (Phi) is 3.29. The van der Waals surface area contributed by atoms with Gasteiger partial charge in [-0.3, -0.25) is 4.98 Å². The number of fused-ring (bicyclic) bond motifs is 1. The average molecular weight is 304 g/mol. The molecule has 0 bridgehead atoms. The summed E-state index contributed by atoms with van der Waals surface area (Å²) in [5.74, 6) is -0.225. The van der Waals surface area contributed by atoms with Gasteiger partial charge in [0, 0.05) is 0 Å². The van der Waals surface area contributed by atoms with Crippen molar-refractivity contribution in [1.29, 1.82) is 0 Å². The van der Waals surface area contributed by atoms with Gasteiger partial charge in [-0.2, -0.15) is 9.61 Å². The molecule has 0 saturated heterocycles. The monoisotopic (exact) mass is 304 g/mol. The first-order valence-electron chi connectivity index (χ1n) is 6.45. The molecule has 1 aromatic carbocycles. The molecule has 0 aliphatic rings. The molecule has 2 heterocycles. The van der Waals surface area contributed by atoms with Crippen LogP contribution in [-0.2, 0) is 0 Å². The largest absolute Gasteiger partial charge is 0.350 e. The maximum Gasteiger partial charge on any atom is 0.350 e. The van der Waals surface area contributed by atoms with Crippen LogP contribution in [0.4, 0.5) is 4.39 Å². The van der Waals surface area contributed by atoms with Crippen LogP contribution in [0.1, 0.15) is 25.5 Å². The lowest BCUT2D eigenvalue weighted by Crippen LogP contribution is -2.19. The van der Waals surface area contributed by atoms with Crippen molar-refractivity contribution in [3.8, 4) is 11.1 Å². The van der Waals surface area contributed by atoms with E-state index >= 15 is 0 Å². The van der Waals surface area contributed by atoms with E-state index in [1.807, 2.05) is 13.8 Å². The second-order valence-electron chi connectivity index (χ2n) is 5.02. The van der Waals surface area contributed by atoms with Crippen LogP contribution >= 0.6 is 12.6 Å². The predicted molar refractivity (Wildman–Crippen MR) is 80.3 cm³/mol. The van der Waals surface area contributed by atoms with Crippen LogP contribution in [0.5, 0.6) is 0 Å². The van der Waals surface area contributed by atoms with Gasteiger partial charge < -0.3 is 0 Å². The zero-order valence-corrected chi connectivity index (χ0v) is 12.4. The van der Waals surface area contributed by atoms with Gasteiger partial charge in [-0.25, -0.2) is 14.2 Å². The smallest absolute Gasteiger partial charge is 0.285 e. The molecule has 0 spiro atoms. The molecule has 3 aromatic rings. The topological polar surface area (TPSA) is 63.1 Å². The van der Waals surface area contributed by atoms with Crippen LogP contribution in [0.25, 0.3) is 16.8 Å². The number of thiol groups is 1. The van der Waals surface area contributed by atoms with Gasteiger partial charge >= 0.3 is 5.69 Å². The SMILES string of the molecule is CC(C)c1nn2c(=O)[nH]c(S)nc2c1-c1ccc(F)cc1. The first-order valence-corrected chi connectivity index (χ1v) is 6.90. The van der Waals surface area contributed by atoms with Crippen molar-refractivity contribution < 1.29 is 4.39 Å². The van der Waals surface area contributed by atoms with Crippen molar-refractivity contribution >= 4 is 18.3 Å². The Bertz CT molecular complexity index is 867. The van der Waals surface area contributed by atoms with Crippen molar-refractivity contribution in [2.45, 2.75) is 24.9 Å². The van der Waals surface area contributed by atoms with Crippen LogP contribution in [0.15, 0.2) is 34.2 Å². The first kappa shape index (κ1) is 13.8. The molecule has 0 saturated carbocycles. The number of halogens is 1. The summed E-state index contributed by atoms with van der Waals surface area (Å²) in [7, 11) is 0. The fraction of sp³-hybridized carbons (Fsp3) is 0.214. The Morgan fingerprint density at radius 2 is 1.95 bits per heavy atom. The Hall–Kier alpha value is -2.15. The number of benzene rings is 1. The lowest BCUT2D eigenvalue weighted by molar-refractivity contribution is 0.628. The maximum atomic E-state index is 13.1. The molecule has 0 aliphatic heterocycles. The molecule has 2 aromatic heterocycles. The Balaban J connectivity index is 2.40. The third kappa shape index (κ3) is 2.33. The van der Waals surface area contributed by atoms with Gasteiger partial charge in [-0.1, -0.05) is 26.0 Å². The van der Waals surface area contributed by atoms with Crippen molar-refractivity contribution in [1.82, 2.24) is 19.6 Å². The molecular weight excluding hydrogens is 291 g/mol. The highest BCUT2D eigenvalue weighted by molar-refractivity contribution is 7.80. The molecule has 3 rings (SSSR count). The summed E-state index contributed by atoms with van der Waals surface area (Å²) in [6.45, 7) is 3.95. The van der Waals surface area contributed by atoms with Crippen molar-refractivity contribution in [2.24, 2.45) is 0 Å². The molecule has 0 amide bonds. The predicted octanol–water partition coefficient (Wildman–Crippen LogP) is 2.64. The number of hydrogen-bond acceptors (Lipinski definition) is 4. The Labute approximate surface area is 125 Å². The summed E-state index contributed by atoms with van der Waals surface area (Å²) in [6, 6.07) is 6.05. The second-order valence-corrected chi connectivity index (χ2v) is 5.45. The van der Waals surface area contributed by atoms with Crippen LogP contribution in [0, 0.1) is 5.82 Å². The molecule has 7 heteroatoms. The summed E-state index contributed by atoms with van der Waals surface area (Å²) in [4.78, 5) is 18.7. The van der Waals surface area contributed by atoms with Crippen molar-refractivity contribution in [2.75, 3.05) is 0 Å². The highest BCUT2D eigenvalue weighted by Gasteiger charge is 2.20. The molecular formula is C14H13FN4OS. The maximum absolute atomic E-state index is 13.1. The van der Waals surface area contributed by atoms with E-state index in [4.69, 9.17) is 0 Å². The normalized spacial score (nSPS) is 11.5. The van der Waals surface area contributed by atoms with E-state index in [9.17, 15) is 9.18 Å². The highest BCUT2D eigenvalue weighted by Crippen LogP contribution is 2.31. The molecule has 0 atom stereocenters. The number of hydrogen-bond donors (Lipinski definition) is 2. The van der Waals surface area contributed by atoms with Crippen LogP contribution in [0.3, 0.4) is 0 Å². The second kappa shape index (κ2) is 5.00. The minimum absolute atomic E-state index is 0.0921. The first-order chi connectivity index (χ1) is 9.97. The van der Waals surface area contributed by atoms with Crippen LogP contribution < -0.4 is 5.69 Å². The Morgan fingerprint density at radius 1 is 1.29 bits per heavy atom. The molecule has 1 N–H and O–H groups in total. The minimum Gasteiger partial charge on any atom is -0.285 e. The number of rotatable bonds is 2.